The first kappa shape index (κ1) is 19.9. The average molecular weight is 381 g/mol. The van der Waals surface area contributed by atoms with Gasteiger partial charge in [0.05, 0.1) is 12.3 Å². The lowest BCUT2D eigenvalue weighted by Crippen LogP contribution is -2.34. The van der Waals surface area contributed by atoms with E-state index in [1.807, 2.05) is 0 Å². The van der Waals surface area contributed by atoms with E-state index in [2.05, 4.69) is 15.1 Å². The van der Waals surface area contributed by atoms with Gasteiger partial charge in [0.1, 0.15) is 6.04 Å². The quantitative estimate of drug-likeness (QED) is 0.681. The van der Waals surface area contributed by atoms with Crippen LogP contribution in [0.25, 0.3) is 0 Å². The molecule has 0 saturated carbocycles. The molecule has 1 unspecified atom stereocenters. The monoisotopic (exact) mass is 381 g/mol. The number of amides is 1. The Balaban J connectivity index is 2.04. The molecule has 0 spiro atoms. The van der Waals surface area contributed by atoms with Crippen LogP contribution in [-0.2, 0) is 19.7 Å². The van der Waals surface area contributed by atoms with E-state index in [0.29, 0.717) is 18.0 Å². The van der Waals surface area contributed by atoms with Crippen LogP contribution in [0, 0.1) is 0 Å². The van der Waals surface area contributed by atoms with Crippen molar-refractivity contribution < 1.29 is 17.9 Å². The van der Waals surface area contributed by atoms with Crippen LogP contribution in [0.15, 0.2) is 42.7 Å². The van der Waals surface area contributed by atoms with Crippen molar-refractivity contribution in [1.29, 1.82) is 0 Å². The van der Waals surface area contributed by atoms with Crippen LogP contribution in [0.2, 0.25) is 0 Å². The van der Waals surface area contributed by atoms with Crippen molar-refractivity contribution in [3.05, 3.63) is 42.7 Å². The second-order valence-electron chi connectivity index (χ2n) is 5.65. The molecule has 0 radical (unpaired) electrons. The third-order valence-corrected chi connectivity index (χ3v) is 5.20. The fourth-order valence-corrected chi connectivity index (χ4v) is 3.00. The van der Waals surface area contributed by atoms with Gasteiger partial charge in [-0.3, -0.25) is 14.2 Å². The van der Waals surface area contributed by atoms with Gasteiger partial charge in [-0.1, -0.05) is 6.07 Å². The van der Waals surface area contributed by atoms with Gasteiger partial charge >= 0.3 is 10.2 Å². The van der Waals surface area contributed by atoms with Gasteiger partial charge in [0, 0.05) is 38.8 Å². The van der Waals surface area contributed by atoms with Crippen LogP contribution in [0.4, 0.5) is 11.4 Å². The minimum atomic E-state index is -3.71. The summed E-state index contributed by atoms with van der Waals surface area (Å²) in [6, 6.07) is 7.73. The Morgan fingerprint density at radius 3 is 2.73 bits per heavy atom. The van der Waals surface area contributed by atoms with Gasteiger partial charge in [0.2, 0.25) is 5.91 Å². The predicted octanol–water partition coefficient (Wildman–Crippen LogP) is 1.32. The molecule has 26 heavy (non-hydrogen) atoms. The number of nitrogens with zero attached hydrogens (tertiary/aromatic N) is 3. The number of benzene rings is 1. The molecule has 1 heterocycles. The topological polar surface area (TPSA) is 106 Å². The highest BCUT2D eigenvalue weighted by Crippen LogP contribution is 2.18. The van der Waals surface area contributed by atoms with E-state index in [1.54, 1.807) is 49.6 Å². The molecule has 1 amide bonds. The molecule has 2 rings (SSSR count). The molecule has 10 heteroatoms. The first-order chi connectivity index (χ1) is 12.3. The first-order valence-electron chi connectivity index (χ1n) is 7.96. The van der Waals surface area contributed by atoms with E-state index in [1.165, 1.54) is 18.8 Å². The molecule has 0 bridgehead atoms. The van der Waals surface area contributed by atoms with Crippen molar-refractivity contribution >= 4 is 27.5 Å². The van der Waals surface area contributed by atoms with Gasteiger partial charge in [-0.15, -0.1) is 0 Å². The summed E-state index contributed by atoms with van der Waals surface area (Å²) < 4.78 is 34.6. The van der Waals surface area contributed by atoms with Crippen LogP contribution in [-0.4, -0.2) is 55.7 Å². The molecule has 0 fully saturated rings. The summed E-state index contributed by atoms with van der Waals surface area (Å²) in [6.45, 7) is 2.24. The minimum absolute atomic E-state index is 0.226. The van der Waals surface area contributed by atoms with Crippen LogP contribution >= 0.6 is 0 Å². The zero-order valence-corrected chi connectivity index (χ0v) is 15.7. The maximum Gasteiger partial charge on any atom is 0.301 e. The second kappa shape index (κ2) is 8.79. The standard InChI is InChI=1S/C16H23N5O4S/c1-13(21-9-5-8-17-21)16(22)18-14-6-4-7-15(12-14)19-26(23,24)20(2)10-11-25-3/h4-9,12-13,19H,10-11H2,1-3H3,(H,18,22). The largest absolute Gasteiger partial charge is 0.383 e. The Hall–Kier alpha value is -2.43. The van der Waals surface area contributed by atoms with Crippen LogP contribution < -0.4 is 10.0 Å². The van der Waals surface area contributed by atoms with Gasteiger partial charge in [0.15, 0.2) is 0 Å². The van der Waals surface area contributed by atoms with Crippen LogP contribution in [0.1, 0.15) is 13.0 Å². The number of aromatic nitrogens is 2. The molecule has 9 nitrogen and oxygen atoms in total. The number of hydrogen-bond acceptors (Lipinski definition) is 5. The summed E-state index contributed by atoms with van der Waals surface area (Å²) in [6.07, 6.45) is 3.30. The van der Waals surface area contributed by atoms with E-state index in [9.17, 15) is 13.2 Å². The summed E-state index contributed by atoms with van der Waals surface area (Å²) >= 11 is 0. The highest BCUT2D eigenvalue weighted by atomic mass is 32.2. The number of rotatable bonds is 9. The number of anilines is 2. The van der Waals surface area contributed by atoms with E-state index < -0.39 is 16.3 Å². The lowest BCUT2D eigenvalue weighted by molar-refractivity contribution is -0.119. The van der Waals surface area contributed by atoms with Crippen molar-refractivity contribution in [2.75, 3.05) is 37.3 Å². The second-order valence-corrected chi connectivity index (χ2v) is 7.43. The smallest absolute Gasteiger partial charge is 0.301 e. The Kier molecular flexibility index (Phi) is 6.72. The summed E-state index contributed by atoms with van der Waals surface area (Å²) in [4.78, 5) is 12.3. The SMILES string of the molecule is COCCN(C)S(=O)(=O)Nc1cccc(NC(=O)C(C)n2cccn2)c1. The van der Waals surface area contributed by atoms with Crippen molar-refractivity contribution in [1.82, 2.24) is 14.1 Å². The molecule has 1 aromatic carbocycles. The third kappa shape index (κ3) is 5.28. The molecular formula is C16H23N5O4S. The molecular weight excluding hydrogens is 358 g/mol. The average Bonchev–Trinajstić information content (AvgIpc) is 3.13. The number of carbonyl (C=O) groups excluding carboxylic acids is 1. The maximum atomic E-state index is 12.3. The van der Waals surface area contributed by atoms with E-state index in [-0.39, 0.29) is 12.5 Å². The normalized spacial score (nSPS) is 12.8. The van der Waals surface area contributed by atoms with Crippen LogP contribution in [0.5, 0.6) is 0 Å². The highest BCUT2D eigenvalue weighted by molar-refractivity contribution is 7.90. The van der Waals surface area contributed by atoms with Crippen LogP contribution in [0.3, 0.4) is 0 Å². The van der Waals surface area contributed by atoms with Crippen molar-refractivity contribution in [2.45, 2.75) is 13.0 Å². The number of ether oxygens (including phenoxy) is 1. The Labute approximate surface area is 153 Å². The van der Waals surface area contributed by atoms with Gasteiger partial charge in [-0.25, -0.2) is 0 Å². The number of carbonyl (C=O) groups is 1. The Bertz CT molecular complexity index is 823. The zero-order chi connectivity index (χ0) is 19.2. The summed E-state index contributed by atoms with van der Waals surface area (Å²) in [5.41, 5.74) is 0.826. The summed E-state index contributed by atoms with van der Waals surface area (Å²) in [5, 5.41) is 6.79. The summed E-state index contributed by atoms with van der Waals surface area (Å²) in [5.74, 6) is -0.258. The fraction of sp³-hybridized carbons (Fsp3) is 0.375. The molecule has 2 aromatic rings. The van der Waals surface area contributed by atoms with Crippen molar-refractivity contribution in [2.24, 2.45) is 0 Å². The molecule has 2 N–H and O–H groups in total. The molecule has 1 atom stereocenters. The van der Waals surface area contributed by atoms with E-state index in [0.717, 1.165) is 4.31 Å². The third-order valence-electron chi connectivity index (χ3n) is 3.70. The lowest BCUT2D eigenvalue weighted by Gasteiger charge is -2.18. The fourth-order valence-electron chi connectivity index (χ4n) is 2.10. The highest BCUT2D eigenvalue weighted by Gasteiger charge is 2.18. The van der Waals surface area contributed by atoms with Crippen molar-refractivity contribution in [3.8, 4) is 0 Å². The first-order valence-corrected chi connectivity index (χ1v) is 9.40. The number of hydrogen-bond donors (Lipinski definition) is 2. The Morgan fingerprint density at radius 2 is 2.08 bits per heavy atom. The van der Waals surface area contributed by atoms with Crippen molar-refractivity contribution in [3.63, 3.8) is 0 Å². The van der Waals surface area contributed by atoms with Gasteiger partial charge < -0.3 is 10.1 Å². The Morgan fingerprint density at radius 1 is 1.35 bits per heavy atom. The summed E-state index contributed by atoms with van der Waals surface area (Å²) in [7, 11) is -0.745. The minimum Gasteiger partial charge on any atom is -0.383 e. The predicted molar refractivity (Wildman–Crippen MR) is 99.1 cm³/mol. The van der Waals surface area contributed by atoms with E-state index in [4.69, 9.17) is 4.74 Å². The maximum absolute atomic E-state index is 12.3. The molecule has 142 valence electrons. The number of nitrogens with one attached hydrogen (secondary N) is 2. The molecule has 0 saturated heterocycles. The number of methoxy groups -OCH3 is 1. The molecule has 1 aromatic heterocycles. The molecule has 0 aliphatic heterocycles. The zero-order valence-electron chi connectivity index (χ0n) is 14.9. The van der Waals surface area contributed by atoms with Gasteiger partial charge in [-0.05, 0) is 31.2 Å². The number of likely N-dealkylation sites (N-methyl/N-ethyl adjacent to an activating group) is 1. The van der Waals surface area contributed by atoms with Gasteiger partial charge in [-0.2, -0.15) is 17.8 Å². The van der Waals surface area contributed by atoms with E-state index >= 15 is 0 Å². The lowest BCUT2D eigenvalue weighted by atomic mass is 10.2. The molecule has 0 aliphatic rings. The van der Waals surface area contributed by atoms with Gasteiger partial charge in [0.25, 0.3) is 0 Å². The molecule has 0 aliphatic carbocycles.